The van der Waals surface area contributed by atoms with Gasteiger partial charge in [0.15, 0.2) is 5.16 Å². The molecular weight excluding hydrogens is 372 g/mol. The maximum atomic E-state index is 11.2. The van der Waals surface area contributed by atoms with Gasteiger partial charge in [-0.2, -0.15) is 0 Å². The molecule has 2 N–H and O–H groups in total. The number of benzene rings is 1. The lowest BCUT2D eigenvalue weighted by molar-refractivity contribution is -0.118. The first-order chi connectivity index (χ1) is 13.3. The summed E-state index contributed by atoms with van der Waals surface area (Å²) < 4.78 is 7.90. The van der Waals surface area contributed by atoms with Gasteiger partial charge in [-0.3, -0.25) is 4.79 Å². The van der Waals surface area contributed by atoms with Crippen LogP contribution in [0.15, 0.2) is 29.4 Å². The lowest BCUT2D eigenvalue weighted by atomic mass is 9.87. The fraction of sp³-hybridized carbons (Fsp3) is 0.571. The van der Waals surface area contributed by atoms with E-state index in [4.69, 9.17) is 10.5 Å². The monoisotopic (exact) mass is 402 g/mol. The molecule has 3 rings (SSSR count). The van der Waals surface area contributed by atoms with E-state index in [1.807, 2.05) is 0 Å². The van der Waals surface area contributed by atoms with E-state index in [2.05, 4.69) is 59.8 Å². The Morgan fingerprint density at radius 1 is 1.29 bits per heavy atom. The van der Waals surface area contributed by atoms with Gasteiger partial charge in [-0.1, -0.05) is 56.8 Å². The molecule has 0 saturated carbocycles. The van der Waals surface area contributed by atoms with E-state index in [0.29, 0.717) is 6.42 Å². The largest absolute Gasteiger partial charge is 0.376 e. The zero-order valence-corrected chi connectivity index (χ0v) is 17.8. The number of nitrogens with two attached hydrogens (primary N) is 1. The molecule has 2 heterocycles. The summed E-state index contributed by atoms with van der Waals surface area (Å²) >= 11 is 1.67. The molecule has 1 aromatic carbocycles. The van der Waals surface area contributed by atoms with Crippen molar-refractivity contribution in [2.45, 2.75) is 75.4 Å². The Bertz CT molecular complexity index is 790. The molecule has 1 aliphatic rings. The predicted octanol–water partition coefficient (Wildman–Crippen LogP) is 3.46. The van der Waals surface area contributed by atoms with Crippen molar-refractivity contribution in [3.8, 4) is 0 Å². The summed E-state index contributed by atoms with van der Waals surface area (Å²) in [6.07, 6.45) is 3.12. The molecule has 1 amide bonds. The number of thioether (sulfide) groups is 1. The lowest BCUT2D eigenvalue weighted by Crippen LogP contribution is -2.19. The lowest BCUT2D eigenvalue weighted by Gasteiger charge is -2.19. The first-order valence-corrected chi connectivity index (χ1v) is 10.9. The smallest absolute Gasteiger partial charge is 0.217 e. The summed E-state index contributed by atoms with van der Waals surface area (Å²) in [6.45, 7) is 8.20. The zero-order valence-electron chi connectivity index (χ0n) is 17.0. The average Bonchev–Trinajstić information content (AvgIpc) is 3.28. The van der Waals surface area contributed by atoms with Crippen molar-refractivity contribution in [2.75, 3.05) is 6.61 Å². The highest BCUT2D eigenvalue weighted by molar-refractivity contribution is 7.98. The number of rotatable bonds is 8. The van der Waals surface area contributed by atoms with Crippen LogP contribution in [-0.2, 0) is 33.7 Å². The first kappa shape index (κ1) is 20.9. The van der Waals surface area contributed by atoms with E-state index >= 15 is 0 Å². The SMILES string of the molecule is CC(C)(C)c1ccc(CSc2nnc(CCC(N)=O)n2CC2CCCO2)cc1. The first-order valence-electron chi connectivity index (χ1n) is 9.87. The quantitative estimate of drug-likeness (QED) is 0.684. The average molecular weight is 403 g/mol. The molecular formula is C21H30N4O2S. The number of nitrogens with zero attached hydrogens (tertiary/aromatic N) is 3. The topological polar surface area (TPSA) is 83.0 Å². The minimum Gasteiger partial charge on any atom is -0.376 e. The van der Waals surface area contributed by atoms with Crippen LogP contribution in [-0.4, -0.2) is 33.4 Å². The second kappa shape index (κ2) is 9.09. The number of carbonyl (C=O) groups excluding carboxylic acids is 1. The van der Waals surface area contributed by atoms with Gasteiger partial charge in [0, 0.05) is 25.2 Å². The van der Waals surface area contributed by atoms with Gasteiger partial charge in [0.1, 0.15) is 5.82 Å². The van der Waals surface area contributed by atoms with Crippen LogP contribution >= 0.6 is 11.8 Å². The minimum absolute atomic E-state index is 0.155. The van der Waals surface area contributed by atoms with Crippen LogP contribution in [0.3, 0.4) is 0 Å². The van der Waals surface area contributed by atoms with Gasteiger partial charge in [0.2, 0.25) is 5.91 Å². The Balaban J connectivity index is 1.70. The Kier molecular flexibility index (Phi) is 6.78. The van der Waals surface area contributed by atoms with Crippen LogP contribution in [0.25, 0.3) is 0 Å². The molecule has 152 valence electrons. The van der Waals surface area contributed by atoms with Crippen LogP contribution in [0, 0.1) is 0 Å². The number of ether oxygens (including phenoxy) is 1. The number of carbonyl (C=O) groups is 1. The van der Waals surface area contributed by atoms with E-state index in [9.17, 15) is 4.79 Å². The summed E-state index contributed by atoms with van der Waals surface area (Å²) in [5.74, 6) is 1.31. The molecule has 0 spiro atoms. The normalized spacial score (nSPS) is 17.2. The Morgan fingerprint density at radius 3 is 2.64 bits per heavy atom. The van der Waals surface area contributed by atoms with Crippen molar-refractivity contribution in [1.82, 2.24) is 14.8 Å². The number of amides is 1. The third-order valence-corrected chi connectivity index (χ3v) is 6.02. The fourth-order valence-corrected chi connectivity index (χ4v) is 4.19. The molecule has 7 heteroatoms. The number of hydrogen-bond donors (Lipinski definition) is 1. The van der Waals surface area contributed by atoms with Gasteiger partial charge in [-0.25, -0.2) is 0 Å². The van der Waals surface area contributed by atoms with Crippen molar-refractivity contribution in [3.63, 3.8) is 0 Å². The summed E-state index contributed by atoms with van der Waals surface area (Å²) in [7, 11) is 0. The van der Waals surface area contributed by atoms with Crippen LogP contribution in [0.5, 0.6) is 0 Å². The highest BCUT2D eigenvalue weighted by atomic mass is 32.2. The fourth-order valence-electron chi connectivity index (χ4n) is 3.27. The molecule has 1 unspecified atom stereocenters. The molecule has 0 aliphatic carbocycles. The number of aromatic nitrogens is 3. The molecule has 2 aromatic rings. The van der Waals surface area contributed by atoms with Crippen molar-refractivity contribution in [2.24, 2.45) is 5.73 Å². The molecule has 28 heavy (non-hydrogen) atoms. The molecule has 1 fully saturated rings. The third kappa shape index (κ3) is 5.58. The summed E-state index contributed by atoms with van der Waals surface area (Å²) in [5.41, 5.74) is 8.05. The second-order valence-electron chi connectivity index (χ2n) is 8.35. The third-order valence-electron chi connectivity index (χ3n) is 4.99. The molecule has 6 nitrogen and oxygen atoms in total. The van der Waals surface area contributed by atoms with E-state index in [1.165, 1.54) is 11.1 Å². The molecule has 1 aromatic heterocycles. The van der Waals surface area contributed by atoms with Gasteiger partial charge < -0.3 is 15.0 Å². The Morgan fingerprint density at radius 2 is 2.04 bits per heavy atom. The predicted molar refractivity (Wildman–Crippen MR) is 111 cm³/mol. The Labute approximate surface area is 171 Å². The summed E-state index contributed by atoms with van der Waals surface area (Å²) in [4.78, 5) is 11.2. The molecule has 1 aliphatic heterocycles. The number of aryl methyl sites for hydroxylation is 1. The van der Waals surface area contributed by atoms with Crippen molar-refractivity contribution in [1.29, 1.82) is 0 Å². The van der Waals surface area contributed by atoms with Gasteiger partial charge in [0.25, 0.3) is 0 Å². The molecule has 1 atom stereocenters. The number of hydrogen-bond acceptors (Lipinski definition) is 5. The standard InChI is InChI=1S/C21H30N4O2S/c1-21(2,3)16-8-6-15(7-9-16)14-28-20-24-23-19(11-10-18(22)26)25(20)13-17-5-4-12-27-17/h6-9,17H,4-5,10-14H2,1-3H3,(H2,22,26). The highest BCUT2D eigenvalue weighted by Crippen LogP contribution is 2.27. The van der Waals surface area contributed by atoms with Crippen LogP contribution in [0.2, 0.25) is 0 Å². The van der Waals surface area contributed by atoms with E-state index in [-0.39, 0.29) is 23.8 Å². The Hall–Kier alpha value is -1.86. The highest BCUT2D eigenvalue weighted by Gasteiger charge is 2.21. The summed E-state index contributed by atoms with van der Waals surface area (Å²) in [6, 6.07) is 8.77. The van der Waals surface area contributed by atoms with Gasteiger partial charge in [0.05, 0.1) is 12.6 Å². The van der Waals surface area contributed by atoms with Crippen molar-refractivity contribution in [3.05, 3.63) is 41.2 Å². The van der Waals surface area contributed by atoms with E-state index < -0.39 is 0 Å². The zero-order chi connectivity index (χ0) is 20.1. The molecule has 0 bridgehead atoms. The molecule has 1 saturated heterocycles. The van der Waals surface area contributed by atoms with Crippen molar-refractivity contribution < 1.29 is 9.53 Å². The number of primary amides is 1. The van der Waals surface area contributed by atoms with Crippen LogP contribution in [0.4, 0.5) is 0 Å². The summed E-state index contributed by atoms with van der Waals surface area (Å²) in [5, 5.41) is 9.56. The maximum absolute atomic E-state index is 11.2. The minimum atomic E-state index is -0.320. The maximum Gasteiger partial charge on any atom is 0.217 e. The second-order valence-corrected chi connectivity index (χ2v) is 9.29. The van der Waals surface area contributed by atoms with E-state index in [0.717, 1.165) is 42.7 Å². The van der Waals surface area contributed by atoms with Crippen LogP contribution in [0.1, 0.15) is 57.0 Å². The van der Waals surface area contributed by atoms with Gasteiger partial charge >= 0.3 is 0 Å². The van der Waals surface area contributed by atoms with Gasteiger partial charge in [-0.05, 0) is 29.4 Å². The van der Waals surface area contributed by atoms with E-state index in [1.54, 1.807) is 11.8 Å². The van der Waals surface area contributed by atoms with Crippen LogP contribution < -0.4 is 5.73 Å². The van der Waals surface area contributed by atoms with Gasteiger partial charge in [-0.15, -0.1) is 10.2 Å². The molecule has 0 radical (unpaired) electrons. The van der Waals surface area contributed by atoms with Crippen molar-refractivity contribution >= 4 is 17.7 Å².